The molecule has 72 valence electrons. The fourth-order valence-corrected chi connectivity index (χ4v) is 2.73. The van der Waals surface area contributed by atoms with Crippen molar-refractivity contribution in [3.63, 3.8) is 0 Å². The van der Waals surface area contributed by atoms with Crippen LogP contribution in [0.3, 0.4) is 0 Å². The number of hydrogen-bond donors (Lipinski definition) is 1. The van der Waals surface area contributed by atoms with Crippen molar-refractivity contribution in [1.29, 1.82) is 0 Å². The maximum Gasteiger partial charge on any atom is 0.0931 e. The topological polar surface area (TPSA) is 24.9 Å². The normalized spacial score (nSPS) is 23.3. The minimum Gasteiger partial charge on any atom is -0.316 e. The molecule has 1 aromatic heterocycles. The van der Waals surface area contributed by atoms with Gasteiger partial charge in [-0.3, -0.25) is 0 Å². The van der Waals surface area contributed by atoms with Gasteiger partial charge >= 0.3 is 0 Å². The molecule has 3 heteroatoms. The predicted octanol–water partition coefficient (Wildman–Crippen LogP) is 1.99. The van der Waals surface area contributed by atoms with E-state index in [1.165, 1.54) is 43.1 Å². The van der Waals surface area contributed by atoms with Crippen molar-refractivity contribution < 1.29 is 0 Å². The van der Waals surface area contributed by atoms with Crippen molar-refractivity contribution in [1.82, 2.24) is 10.3 Å². The Morgan fingerprint density at radius 3 is 3.23 bits per heavy atom. The van der Waals surface area contributed by atoms with E-state index in [4.69, 9.17) is 0 Å². The summed E-state index contributed by atoms with van der Waals surface area (Å²) in [6.45, 7) is 4.45. The Kier molecular flexibility index (Phi) is 2.96. The predicted molar refractivity (Wildman–Crippen MR) is 56.1 cm³/mol. The van der Waals surface area contributed by atoms with Gasteiger partial charge in [0, 0.05) is 17.5 Å². The number of piperidine rings is 1. The first-order valence-electron chi connectivity index (χ1n) is 4.96. The molecule has 2 nitrogen and oxygen atoms in total. The van der Waals surface area contributed by atoms with E-state index in [0.717, 1.165) is 5.92 Å². The zero-order chi connectivity index (χ0) is 9.10. The van der Waals surface area contributed by atoms with E-state index in [1.54, 1.807) is 11.3 Å². The smallest absolute Gasteiger partial charge is 0.0931 e. The van der Waals surface area contributed by atoms with Crippen LogP contribution in [0.2, 0.25) is 0 Å². The van der Waals surface area contributed by atoms with Crippen molar-refractivity contribution in [2.45, 2.75) is 26.2 Å². The Morgan fingerprint density at radius 1 is 1.69 bits per heavy atom. The van der Waals surface area contributed by atoms with Gasteiger partial charge in [0.1, 0.15) is 0 Å². The third-order valence-corrected chi connectivity index (χ3v) is 3.52. The van der Waals surface area contributed by atoms with Crippen LogP contribution in [-0.4, -0.2) is 18.1 Å². The molecule has 0 aromatic carbocycles. The lowest BCUT2D eigenvalue weighted by Crippen LogP contribution is -2.30. The Hall–Kier alpha value is -0.410. The minimum absolute atomic E-state index is 0.819. The number of hydrogen-bond acceptors (Lipinski definition) is 3. The van der Waals surface area contributed by atoms with E-state index in [1.807, 2.05) is 0 Å². The SMILES string of the molecule is Cc1csc(CC2CCCNC2)n1. The van der Waals surface area contributed by atoms with E-state index in [-0.39, 0.29) is 0 Å². The molecule has 2 heterocycles. The lowest BCUT2D eigenvalue weighted by atomic mass is 9.97. The summed E-state index contributed by atoms with van der Waals surface area (Å²) in [7, 11) is 0. The molecular formula is C10H16N2S. The van der Waals surface area contributed by atoms with Crippen molar-refractivity contribution in [3.8, 4) is 0 Å². The highest BCUT2D eigenvalue weighted by atomic mass is 32.1. The highest BCUT2D eigenvalue weighted by Crippen LogP contribution is 2.18. The average Bonchev–Trinajstić information content (AvgIpc) is 2.53. The van der Waals surface area contributed by atoms with E-state index < -0.39 is 0 Å². The van der Waals surface area contributed by atoms with Gasteiger partial charge in [0.15, 0.2) is 0 Å². The molecule has 1 aliphatic heterocycles. The summed E-state index contributed by atoms with van der Waals surface area (Å²) in [6, 6.07) is 0. The third kappa shape index (κ3) is 2.51. The lowest BCUT2D eigenvalue weighted by molar-refractivity contribution is 0.375. The standard InChI is InChI=1S/C10H16N2S/c1-8-7-13-10(12-8)5-9-3-2-4-11-6-9/h7,9,11H,2-6H2,1H3. The molecule has 0 aliphatic carbocycles. The second-order valence-electron chi connectivity index (χ2n) is 3.80. The quantitative estimate of drug-likeness (QED) is 0.782. The Bertz CT molecular complexity index is 264. The second-order valence-corrected chi connectivity index (χ2v) is 4.74. The van der Waals surface area contributed by atoms with Crippen LogP contribution in [0.25, 0.3) is 0 Å². The van der Waals surface area contributed by atoms with Gasteiger partial charge in [0.2, 0.25) is 0 Å². The van der Waals surface area contributed by atoms with E-state index in [0.29, 0.717) is 0 Å². The van der Waals surface area contributed by atoms with Crippen molar-refractivity contribution >= 4 is 11.3 Å². The number of aryl methyl sites for hydroxylation is 1. The van der Waals surface area contributed by atoms with Gasteiger partial charge in [0.05, 0.1) is 5.01 Å². The molecule has 0 spiro atoms. The van der Waals surface area contributed by atoms with Crippen LogP contribution in [0, 0.1) is 12.8 Å². The Labute approximate surface area is 83.4 Å². The van der Waals surface area contributed by atoms with Gasteiger partial charge in [-0.05, 0) is 38.8 Å². The molecule has 1 aromatic rings. The molecule has 1 aliphatic rings. The van der Waals surface area contributed by atoms with Gasteiger partial charge in [-0.15, -0.1) is 11.3 Å². The van der Waals surface area contributed by atoms with E-state index in [2.05, 4.69) is 22.6 Å². The molecule has 0 radical (unpaired) electrons. The van der Waals surface area contributed by atoms with Crippen LogP contribution in [0.15, 0.2) is 5.38 Å². The second kappa shape index (κ2) is 4.20. The zero-order valence-electron chi connectivity index (χ0n) is 8.05. The summed E-state index contributed by atoms with van der Waals surface area (Å²) in [5, 5.41) is 6.89. The Morgan fingerprint density at radius 2 is 2.62 bits per heavy atom. The van der Waals surface area contributed by atoms with Gasteiger partial charge < -0.3 is 5.32 Å². The summed E-state index contributed by atoms with van der Waals surface area (Å²) in [6.07, 6.45) is 3.87. The fraction of sp³-hybridized carbons (Fsp3) is 0.700. The summed E-state index contributed by atoms with van der Waals surface area (Å²) in [4.78, 5) is 4.50. The highest BCUT2D eigenvalue weighted by molar-refractivity contribution is 7.09. The summed E-state index contributed by atoms with van der Waals surface area (Å²) in [5.41, 5.74) is 1.17. The molecule has 0 amide bonds. The number of thiazole rings is 1. The molecule has 1 unspecified atom stereocenters. The maximum atomic E-state index is 4.50. The van der Waals surface area contributed by atoms with Gasteiger partial charge in [-0.25, -0.2) is 4.98 Å². The molecule has 0 bridgehead atoms. The first-order valence-corrected chi connectivity index (χ1v) is 5.84. The van der Waals surface area contributed by atoms with E-state index in [9.17, 15) is 0 Å². The number of nitrogens with one attached hydrogen (secondary N) is 1. The van der Waals surface area contributed by atoms with Gasteiger partial charge in [-0.1, -0.05) is 0 Å². The molecule has 13 heavy (non-hydrogen) atoms. The molecule has 0 saturated carbocycles. The largest absolute Gasteiger partial charge is 0.316 e. The molecule has 1 saturated heterocycles. The fourth-order valence-electron chi connectivity index (χ4n) is 1.84. The van der Waals surface area contributed by atoms with Crippen LogP contribution in [-0.2, 0) is 6.42 Å². The molecule has 1 atom stereocenters. The average molecular weight is 196 g/mol. The molecule has 1 fully saturated rings. The Balaban J connectivity index is 1.89. The van der Waals surface area contributed by atoms with Crippen LogP contribution in [0.4, 0.5) is 0 Å². The minimum atomic E-state index is 0.819. The number of aromatic nitrogens is 1. The number of rotatable bonds is 2. The van der Waals surface area contributed by atoms with Crippen molar-refractivity contribution in [3.05, 3.63) is 16.1 Å². The third-order valence-electron chi connectivity index (χ3n) is 2.53. The molecule has 2 rings (SSSR count). The summed E-state index contributed by atoms with van der Waals surface area (Å²) < 4.78 is 0. The van der Waals surface area contributed by atoms with Crippen LogP contribution < -0.4 is 5.32 Å². The maximum absolute atomic E-state index is 4.50. The first kappa shape index (κ1) is 9.16. The van der Waals surface area contributed by atoms with Gasteiger partial charge in [-0.2, -0.15) is 0 Å². The monoisotopic (exact) mass is 196 g/mol. The summed E-state index contributed by atoms with van der Waals surface area (Å²) >= 11 is 1.80. The zero-order valence-corrected chi connectivity index (χ0v) is 8.86. The van der Waals surface area contributed by atoms with Crippen LogP contribution in [0.5, 0.6) is 0 Å². The number of nitrogens with zero attached hydrogens (tertiary/aromatic N) is 1. The molecule has 1 N–H and O–H groups in total. The molecular weight excluding hydrogens is 180 g/mol. The van der Waals surface area contributed by atoms with Crippen molar-refractivity contribution in [2.24, 2.45) is 5.92 Å². The van der Waals surface area contributed by atoms with Crippen molar-refractivity contribution in [2.75, 3.05) is 13.1 Å². The summed E-state index contributed by atoms with van der Waals surface area (Å²) in [5.74, 6) is 0.819. The van der Waals surface area contributed by atoms with Crippen LogP contribution in [0.1, 0.15) is 23.5 Å². The first-order chi connectivity index (χ1) is 6.34. The lowest BCUT2D eigenvalue weighted by Gasteiger charge is -2.21. The highest BCUT2D eigenvalue weighted by Gasteiger charge is 2.14. The van der Waals surface area contributed by atoms with E-state index >= 15 is 0 Å². The van der Waals surface area contributed by atoms with Crippen LogP contribution >= 0.6 is 11.3 Å². The van der Waals surface area contributed by atoms with Gasteiger partial charge in [0.25, 0.3) is 0 Å².